The molecule has 0 saturated heterocycles. The number of hydrogen-bond donors (Lipinski definition) is 0. The molecule has 0 aliphatic carbocycles. The van der Waals surface area contributed by atoms with Gasteiger partial charge in [-0.2, -0.15) is 0 Å². The Morgan fingerprint density at radius 3 is 2.29 bits per heavy atom. The molecule has 0 radical (unpaired) electrons. The first kappa shape index (κ1) is 14.8. The van der Waals surface area contributed by atoms with Gasteiger partial charge in [0.15, 0.2) is 0 Å². The van der Waals surface area contributed by atoms with Crippen LogP contribution >= 0.6 is 43.5 Å². The lowest BCUT2D eigenvalue weighted by molar-refractivity contribution is 0.513. The van der Waals surface area contributed by atoms with Crippen LogP contribution in [0.4, 0.5) is 0 Å². The summed E-state index contributed by atoms with van der Waals surface area (Å²) in [6, 6.07) is 15.4. The summed E-state index contributed by atoms with van der Waals surface area (Å²) in [6.07, 6.45) is 0. The molecule has 3 nitrogen and oxygen atoms in total. The van der Waals surface area contributed by atoms with Crippen LogP contribution in [0.1, 0.15) is 16.8 Å². The summed E-state index contributed by atoms with van der Waals surface area (Å²) in [6.45, 7) is 0. The van der Waals surface area contributed by atoms with E-state index in [-0.39, 0.29) is 0 Å². The monoisotopic (exact) mass is 426 g/mol. The molecule has 0 N–H and O–H groups in total. The summed E-state index contributed by atoms with van der Waals surface area (Å²) in [5.74, 6) is 0.822. The quantitative estimate of drug-likeness (QED) is 0.511. The minimum absolute atomic E-state index is 0.383. The molecule has 3 rings (SSSR count). The predicted molar refractivity (Wildman–Crippen MR) is 89.3 cm³/mol. The first-order chi connectivity index (χ1) is 10.1. The molecule has 0 spiro atoms. The molecule has 1 unspecified atom stereocenters. The first-order valence-corrected chi connectivity index (χ1v) is 8.14. The van der Waals surface area contributed by atoms with Gasteiger partial charge in [0.05, 0.1) is 0 Å². The Hall–Kier alpha value is -1.17. The Bertz CT molecular complexity index is 741. The second-order valence-corrected chi connectivity index (χ2v) is 6.64. The summed E-state index contributed by atoms with van der Waals surface area (Å²) in [7, 11) is 0. The summed E-state index contributed by atoms with van der Waals surface area (Å²) in [5, 5.41) is 7.67. The molecule has 0 saturated carbocycles. The van der Waals surface area contributed by atoms with Crippen molar-refractivity contribution < 1.29 is 4.42 Å². The molecule has 1 atom stereocenters. The Kier molecular flexibility index (Phi) is 4.42. The number of rotatable bonds is 3. The molecule has 6 heteroatoms. The van der Waals surface area contributed by atoms with Crippen LogP contribution in [0.2, 0.25) is 0 Å². The maximum atomic E-state index is 6.38. The maximum Gasteiger partial charge on any atom is 0.247 e. The van der Waals surface area contributed by atoms with Gasteiger partial charge in [-0.15, -0.1) is 21.8 Å². The van der Waals surface area contributed by atoms with Crippen LogP contribution in [-0.2, 0) is 0 Å². The van der Waals surface area contributed by atoms with Crippen LogP contribution in [0.25, 0.3) is 11.5 Å². The van der Waals surface area contributed by atoms with Gasteiger partial charge in [-0.05, 0) is 23.8 Å². The largest absolute Gasteiger partial charge is 0.419 e. The number of aromatic nitrogens is 2. The van der Waals surface area contributed by atoms with E-state index >= 15 is 0 Å². The van der Waals surface area contributed by atoms with E-state index in [9.17, 15) is 0 Å². The highest BCUT2D eigenvalue weighted by Crippen LogP contribution is 2.31. The fraction of sp³-hybridized carbons (Fsp3) is 0.0667. The van der Waals surface area contributed by atoms with Crippen molar-refractivity contribution >= 4 is 43.5 Å². The summed E-state index contributed by atoms with van der Waals surface area (Å²) in [4.78, 5) is 0. The minimum atomic E-state index is -0.456. The third kappa shape index (κ3) is 3.36. The molecular weight excluding hydrogens is 419 g/mol. The van der Waals surface area contributed by atoms with Crippen molar-refractivity contribution in [2.45, 2.75) is 5.38 Å². The fourth-order valence-electron chi connectivity index (χ4n) is 1.90. The maximum absolute atomic E-state index is 6.38. The Morgan fingerprint density at radius 1 is 0.952 bits per heavy atom. The SMILES string of the molecule is ClC(c1ccccc1)c1nnc(-c2cc(Br)cc(Br)c2)o1. The highest BCUT2D eigenvalue weighted by Gasteiger charge is 2.18. The van der Waals surface area contributed by atoms with Gasteiger partial charge in [0, 0.05) is 14.5 Å². The molecule has 0 amide bonds. The standard InChI is InChI=1S/C15H9Br2ClN2O/c16-11-6-10(7-12(17)8-11)14-19-20-15(21-14)13(18)9-4-2-1-3-5-9/h1-8,13H. The lowest BCUT2D eigenvalue weighted by atomic mass is 10.1. The third-order valence-electron chi connectivity index (χ3n) is 2.86. The van der Waals surface area contributed by atoms with Crippen molar-refractivity contribution in [3.05, 3.63) is 68.9 Å². The summed E-state index contributed by atoms with van der Waals surface area (Å²) in [5.41, 5.74) is 1.75. The second kappa shape index (κ2) is 6.30. The van der Waals surface area contributed by atoms with Crippen molar-refractivity contribution in [3.63, 3.8) is 0 Å². The molecular formula is C15H9Br2ClN2O. The minimum Gasteiger partial charge on any atom is -0.419 e. The summed E-state index contributed by atoms with van der Waals surface area (Å²) >= 11 is 13.3. The van der Waals surface area contributed by atoms with Gasteiger partial charge in [-0.1, -0.05) is 62.2 Å². The topological polar surface area (TPSA) is 38.9 Å². The van der Waals surface area contributed by atoms with Crippen LogP contribution in [-0.4, -0.2) is 10.2 Å². The molecule has 3 aromatic rings. The number of nitrogens with zero attached hydrogens (tertiary/aromatic N) is 2. The van der Waals surface area contributed by atoms with E-state index in [2.05, 4.69) is 42.1 Å². The van der Waals surface area contributed by atoms with E-state index in [4.69, 9.17) is 16.0 Å². The average Bonchev–Trinajstić information content (AvgIpc) is 2.96. The fourth-order valence-corrected chi connectivity index (χ4v) is 3.42. The van der Waals surface area contributed by atoms with Crippen molar-refractivity contribution in [2.24, 2.45) is 0 Å². The Balaban J connectivity index is 1.93. The number of hydrogen-bond acceptors (Lipinski definition) is 3. The zero-order valence-corrected chi connectivity index (χ0v) is 14.6. The van der Waals surface area contributed by atoms with Crippen molar-refractivity contribution in [1.29, 1.82) is 0 Å². The Morgan fingerprint density at radius 2 is 1.62 bits per heavy atom. The molecule has 0 bridgehead atoms. The van der Waals surface area contributed by atoms with Gasteiger partial charge in [0.25, 0.3) is 0 Å². The summed E-state index contributed by atoms with van der Waals surface area (Å²) < 4.78 is 7.56. The van der Waals surface area contributed by atoms with E-state index in [0.717, 1.165) is 20.1 Å². The molecule has 21 heavy (non-hydrogen) atoms. The smallest absolute Gasteiger partial charge is 0.247 e. The van der Waals surface area contributed by atoms with E-state index in [1.165, 1.54) is 0 Å². The average molecular weight is 429 g/mol. The van der Waals surface area contributed by atoms with Crippen molar-refractivity contribution in [3.8, 4) is 11.5 Å². The number of alkyl halides is 1. The lowest BCUT2D eigenvalue weighted by Crippen LogP contribution is -1.92. The lowest BCUT2D eigenvalue weighted by Gasteiger charge is -2.04. The van der Waals surface area contributed by atoms with Crippen molar-refractivity contribution in [1.82, 2.24) is 10.2 Å². The van der Waals surface area contributed by atoms with Crippen LogP contribution < -0.4 is 0 Å². The predicted octanol–water partition coefficient (Wildman–Crippen LogP) is 5.59. The normalized spacial score (nSPS) is 12.3. The second-order valence-electron chi connectivity index (χ2n) is 4.38. The molecule has 0 aliphatic heterocycles. The highest BCUT2D eigenvalue weighted by molar-refractivity contribution is 9.11. The zero-order valence-electron chi connectivity index (χ0n) is 10.6. The van der Waals surface area contributed by atoms with Gasteiger partial charge < -0.3 is 4.42 Å². The number of halogens is 3. The van der Waals surface area contributed by atoms with Gasteiger partial charge in [-0.3, -0.25) is 0 Å². The van der Waals surface area contributed by atoms with E-state index in [1.54, 1.807) is 0 Å². The molecule has 1 aromatic heterocycles. The molecule has 106 valence electrons. The molecule has 0 aliphatic rings. The molecule has 0 fully saturated rings. The van der Waals surface area contributed by atoms with Crippen LogP contribution in [0.5, 0.6) is 0 Å². The number of benzene rings is 2. The van der Waals surface area contributed by atoms with Gasteiger partial charge in [0.1, 0.15) is 5.38 Å². The van der Waals surface area contributed by atoms with Gasteiger partial charge >= 0.3 is 0 Å². The van der Waals surface area contributed by atoms with Gasteiger partial charge in [-0.25, -0.2) is 0 Å². The molecule has 1 heterocycles. The van der Waals surface area contributed by atoms with E-state index in [0.29, 0.717) is 11.8 Å². The van der Waals surface area contributed by atoms with E-state index in [1.807, 2.05) is 48.5 Å². The zero-order chi connectivity index (χ0) is 14.8. The van der Waals surface area contributed by atoms with Crippen LogP contribution in [0.15, 0.2) is 61.9 Å². The van der Waals surface area contributed by atoms with E-state index < -0.39 is 5.38 Å². The third-order valence-corrected chi connectivity index (χ3v) is 4.21. The first-order valence-electron chi connectivity index (χ1n) is 6.12. The molecule has 2 aromatic carbocycles. The van der Waals surface area contributed by atoms with Crippen LogP contribution in [0.3, 0.4) is 0 Å². The van der Waals surface area contributed by atoms with Gasteiger partial charge in [0.2, 0.25) is 11.8 Å². The highest BCUT2D eigenvalue weighted by atomic mass is 79.9. The van der Waals surface area contributed by atoms with Crippen LogP contribution in [0, 0.1) is 0 Å². The Labute approximate surface area is 143 Å². The van der Waals surface area contributed by atoms with Crippen molar-refractivity contribution in [2.75, 3.05) is 0 Å².